The number of nitro benzene ring substituents is 1. The molecule has 1 fully saturated rings. The predicted molar refractivity (Wildman–Crippen MR) is 81.4 cm³/mol. The Morgan fingerprint density at radius 2 is 2.33 bits per heavy atom. The largest absolute Gasteiger partial charge is 0.381 e. The maximum atomic E-state index is 10.9. The Morgan fingerprint density at radius 1 is 1.57 bits per heavy atom. The lowest BCUT2D eigenvalue weighted by Gasteiger charge is -2.38. The van der Waals surface area contributed by atoms with E-state index in [4.69, 9.17) is 22.1 Å². The Morgan fingerprint density at radius 3 is 2.95 bits per heavy atom. The molecule has 0 bridgehead atoms. The number of nitrogens with zero attached hydrogens (tertiary/aromatic N) is 2. The fraction of sp³-hybridized carbons (Fsp3) is 0.571. The number of methoxy groups -OCH3 is 1. The maximum Gasteiger partial charge on any atom is 0.288 e. The topological polar surface area (TPSA) is 81.6 Å². The minimum atomic E-state index is -0.455. The second-order valence-electron chi connectivity index (χ2n) is 5.28. The summed E-state index contributed by atoms with van der Waals surface area (Å²) in [7, 11) is 1.72. The zero-order valence-electron chi connectivity index (χ0n) is 12.0. The van der Waals surface area contributed by atoms with E-state index in [0.717, 1.165) is 24.9 Å². The molecular weight excluding hydrogens is 294 g/mol. The molecule has 1 aromatic carbocycles. The quantitative estimate of drug-likeness (QED) is 0.665. The molecule has 1 aromatic rings. The second-order valence-corrected chi connectivity index (χ2v) is 5.69. The van der Waals surface area contributed by atoms with Crippen LogP contribution in [-0.4, -0.2) is 42.2 Å². The molecule has 0 aliphatic carbocycles. The Kier molecular flexibility index (Phi) is 5.52. The predicted octanol–water partition coefficient (Wildman–Crippen LogP) is 2.19. The molecule has 1 heterocycles. The molecule has 0 spiro atoms. The number of ether oxygens (including phenoxy) is 1. The van der Waals surface area contributed by atoms with E-state index in [2.05, 4.69) is 4.90 Å². The van der Waals surface area contributed by atoms with Crippen molar-refractivity contribution in [2.45, 2.75) is 31.5 Å². The molecule has 0 amide bonds. The number of nitrogens with two attached hydrogens (primary N) is 1. The molecule has 0 radical (unpaired) electrons. The summed E-state index contributed by atoms with van der Waals surface area (Å²) in [6.07, 6.45) is 2.08. The third-order valence-corrected chi connectivity index (χ3v) is 4.31. The average molecular weight is 314 g/mol. The molecule has 7 heteroatoms. The summed E-state index contributed by atoms with van der Waals surface area (Å²) in [4.78, 5) is 12.7. The fourth-order valence-electron chi connectivity index (χ4n) is 2.76. The first-order valence-corrected chi connectivity index (χ1v) is 7.32. The van der Waals surface area contributed by atoms with Gasteiger partial charge in [-0.2, -0.15) is 0 Å². The minimum absolute atomic E-state index is 0.0507. The van der Waals surface area contributed by atoms with E-state index in [1.807, 2.05) is 6.07 Å². The van der Waals surface area contributed by atoms with E-state index in [-0.39, 0.29) is 22.9 Å². The van der Waals surface area contributed by atoms with Crippen LogP contribution in [0.25, 0.3) is 0 Å². The number of halogens is 1. The van der Waals surface area contributed by atoms with Gasteiger partial charge in [-0.05, 0) is 24.5 Å². The van der Waals surface area contributed by atoms with Crippen LogP contribution in [0, 0.1) is 10.1 Å². The lowest BCUT2D eigenvalue weighted by molar-refractivity contribution is -0.384. The number of nitro groups is 1. The van der Waals surface area contributed by atoms with E-state index in [1.54, 1.807) is 13.2 Å². The van der Waals surface area contributed by atoms with Gasteiger partial charge in [0.05, 0.1) is 11.0 Å². The van der Waals surface area contributed by atoms with Crippen molar-refractivity contribution < 1.29 is 9.66 Å². The van der Waals surface area contributed by atoms with Crippen LogP contribution in [0.4, 0.5) is 5.69 Å². The monoisotopic (exact) mass is 313 g/mol. The van der Waals surface area contributed by atoms with Crippen molar-refractivity contribution in [3.8, 4) is 0 Å². The number of hydrogen-bond donors (Lipinski definition) is 1. The van der Waals surface area contributed by atoms with Crippen LogP contribution in [0.2, 0.25) is 5.02 Å². The molecule has 1 aliphatic heterocycles. The van der Waals surface area contributed by atoms with Gasteiger partial charge in [0.2, 0.25) is 0 Å². The van der Waals surface area contributed by atoms with Crippen molar-refractivity contribution in [3.63, 3.8) is 0 Å². The van der Waals surface area contributed by atoms with Crippen LogP contribution in [-0.2, 0) is 11.3 Å². The van der Waals surface area contributed by atoms with Gasteiger partial charge in [0.1, 0.15) is 5.02 Å². The van der Waals surface area contributed by atoms with Gasteiger partial charge in [-0.3, -0.25) is 15.0 Å². The van der Waals surface area contributed by atoms with Crippen molar-refractivity contribution in [3.05, 3.63) is 38.9 Å². The molecule has 116 valence electrons. The summed E-state index contributed by atoms with van der Waals surface area (Å²) in [5, 5.41) is 11.1. The summed E-state index contributed by atoms with van der Waals surface area (Å²) in [5.41, 5.74) is 6.66. The van der Waals surface area contributed by atoms with E-state index in [9.17, 15) is 10.1 Å². The summed E-state index contributed by atoms with van der Waals surface area (Å²) in [6, 6.07) is 5.18. The van der Waals surface area contributed by atoms with Crippen LogP contribution in [0.1, 0.15) is 18.4 Å². The number of piperidine rings is 1. The standard InChI is InChI=1S/C14H20ClN3O3/c1-21-12-4-5-17(11(7-12)8-16)9-10-2-3-13(15)14(6-10)18(19)20/h2-3,6,11-12H,4-5,7-9,16H2,1H3. The fourth-order valence-corrected chi connectivity index (χ4v) is 2.95. The lowest BCUT2D eigenvalue weighted by atomic mass is 9.98. The normalized spacial score (nSPS) is 23.2. The summed E-state index contributed by atoms with van der Waals surface area (Å²) in [6.45, 7) is 2.06. The third-order valence-electron chi connectivity index (χ3n) is 3.99. The number of rotatable bonds is 5. The van der Waals surface area contributed by atoms with E-state index < -0.39 is 4.92 Å². The van der Waals surface area contributed by atoms with Crippen LogP contribution in [0.3, 0.4) is 0 Å². The van der Waals surface area contributed by atoms with Crippen molar-refractivity contribution in [2.75, 3.05) is 20.2 Å². The van der Waals surface area contributed by atoms with Gasteiger partial charge < -0.3 is 10.5 Å². The van der Waals surface area contributed by atoms with Gasteiger partial charge in [-0.25, -0.2) is 0 Å². The molecule has 0 aromatic heterocycles. The van der Waals surface area contributed by atoms with Crippen LogP contribution >= 0.6 is 11.6 Å². The highest BCUT2D eigenvalue weighted by atomic mass is 35.5. The summed E-state index contributed by atoms with van der Waals surface area (Å²) >= 11 is 5.84. The zero-order chi connectivity index (χ0) is 15.4. The highest BCUT2D eigenvalue weighted by Gasteiger charge is 2.27. The Balaban J connectivity index is 2.10. The van der Waals surface area contributed by atoms with Gasteiger partial charge >= 0.3 is 0 Å². The van der Waals surface area contributed by atoms with E-state index >= 15 is 0 Å². The number of benzene rings is 1. The van der Waals surface area contributed by atoms with Gasteiger partial charge in [0.15, 0.2) is 0 Å². The average Bonchev–Trinajstić information content (AvgIpc) is 2.49. The second kappa shape index (κ2) is 7.17. The van der Waals surface area contributed by atoms with Gasteiger partial charge in [0, 0.05) is 38.9 Å². The highest BCUT2D eigenvalue weighted by Crippen LogP contribution is 2.27. The van der Waals surface area contributed by atoms with Crippen molar-refractivity contribution in [1.29, 1.82) is 0 Å². The molecule has 2 atom stereocenters. The van der Waals surface area contributed by atoms with Gasteiger partial charge in [-0.15, -0.1) is 0 Å². The smallest absolute Gasteiger partial charge is 0.288 e. The summed E-state index contributed by atoms with van der Waals surface area (Å²) in [5.74, 6) is 0. The molecule has 21 heavy (non-hydrogen) atoms. The van der Waals surface area contributed by atoms with Crippen LogP contribution in [0.15, 0.2) is 18.2 Å². The first-order chi connectivity index (χ1) is 10.0. The van der Waals surface area contributed by atoms with Crippen molar-refractivity contribution >= 4 is 17.3 Å². The van der Waals surface area contributed by atoms with Crippen molar-refractivity contribution in [2.24, 2.45) is 5.73 Å². The first-order valence-electron chi connectivity index (χ1n) is 6.95. The van der Waals surface area contributed by atoms with Crippen LogP contribution < -0.4 is 5.73 Å². The van der Waals surface area contributed by atoms with Crippen LogP contribution in [0.5, 0.6) is 0 Å². The van der Waals surface area contributed by atoms with E-state index in [1.165, 1.54) is 6.07 Å². The van der Waals surface area contributed by atoms with Gasteiger partial charge in [0.25, 0.3) is 5.69 Å². The van der Waals surface area contributed by atoms with E-state index in [0.29, 0.717) is 13.1 Å². The minimum Gasteiger partial charge on any atom is -0.381 e. The molecule has 2 rings (SSSR count). The Hall–Kier alpha value is -1.21. The Labute approximate surface area is 129 Å². The molecule has 2 unspecified atom stereocenters. The third kappa shape index (κ3) is 3.91. The molecule has 1 saturated heterocycles. The highest BCUT2D eigenvalue weighted by molar-refractivity contribution is 6.32. The zero-order valence-corrected chi connectivity index (χ0v) is 12.8. The summed E-state index contributed by atoms with van der Waals surface area (Å²) < 4.78 is 5.40. The number of likely N-dealkylation sites (tertiary alicyclic amines) is 1. The lowest BCUT2D eigenvalue weighted by Crippen LogP contribution is -2.47. The number of hydrogen-bond acceptors (Lipinski definition) is 5. The SMILES string of the molecule is COC1CCN(Cc2ccc(Cl)c([N+](=O)[O-])c2)C(CN)C1. The maximum absolute atomic E-state index is 10.9. The molecule has 1 aliphatic rings. The molecule has 2 N–H and O–H groups in total. The molecule has 0 saturated carbocycles. The van der Waals surface area contributed by atoms with Gasteiger partial charge in [-0.1, -0.05) is 17.7 Å². The molecule has 6 nitrogen and oxygen atoms in total. The van der Waals surface area contributed by atoms with Crippen molar-refractivity contribution in [1.82, 2.24) is 4.90 Å². The molecular formula is C14H20ClN3O3. The first kappa shape index (κ1) is 16.2. The Bertz CT molecular complexity index is 512.